The normalized spacial score (nSPS) is 11.3. The van der Waals surface area contributed by atoms with E-state index in [1.165, 1.54) is 0 Å². The highest BCUT2D eigenvalue weighted by Gasteiger charge is 2.16. The Morgan fingerprint density at radius 1 is 1.33 bits per heavy atom. The molecule has 21 heavy (non-hydrogen) atoms. The number of hydrogen-bond acceptors (Lipinski definition) is 4. The van der Waals surface area contributed by atoms with Gasteiger partial charge in [0.15, 0.2) is 0 Å². The molecule has 0 heterocycles. The zero-order valence-corrected chi connectivity index (χ0v) is 13.3. The minimum absolute atomic E-state index is 0. The monoisotopic (exact) mass is 364 g/mol. The van der Waals surface area contributed by atoms with E-state index in [1.54, 1.807) is 0 Å². The fraction of sp³-hybridized carbons (Fsp3) is 0.455. The third-order valence-electron chi connectivity index (χ3n) is 2.35. The van der Waals surface area contributed by atoms with E-state index in [0.29, 0.717) is 19.4 Å². The Hall–Kier alpha value is -0.670. The average molecular weight is 365 g/mol. The molecule has 1 aromatic rings. The van der Waals surface area contributed by atoms with E-state index in [0.717, 1.165) is 18.2 Å². The molecule has 0 saturated carbocycles. The quantitative estimate of drug-likeness (QED) is 0.693. The predicted molar refractivity (Wildman–Crippen MR) is 78.8 cm³/mol. The Bertz CT molecular complexity index is 544. The molecule has 0 spiro atoms. The van der Waals surface area contributed by atoms with Crippen LogP contribution < -0.4 is 15.2 Å². The zero-order valence-electron chi connectivity index (χ0n) is 10.9. The summed E-state index contributed by atoms with van der Waals surface area (Å²) in [6.45, 7) is -2.30. The van der Waals surface area contributed by atoms with Gasteiger partial charge in [0.2, 0.25) is 10.0 Å². The number of unbranched alkanes of at least 4 members (excludes halogenated alkanes) is 1. The van der Waals surface area contributed by atoms with Crippen molar-refractivity contribution in [1.82, 2.24) is 4.72 Å². The summed E-state index contributed by atoms with van der Waals surface area (Å²) in [7, 11) is -3.73. The fourth-order valence-electron chi connectivity index (χ4n) is 1.40. The SMILES string of the molecule is Cl.NCCCCNS(=O)(=O)c1ccc(OC(F)F)c(Cl)c1. The molecule has 0 aliphatic rings. The summed E-state index contributed by atoms with van der Waals surface area (Å²) < 4.78 is 54.4. The first-order chi connectivity index (χ1) is 9.36. The summed E-state index contributed by atoms with van der Waals surface area (Å²) in [6, 6.07) is 3.29. The van der Waals surface area contributed by atoms with Crippen LogP contribution in [0.15, 0.2) is 23.1 Å². The van der Waals surface area contributed by atoms with Crippen molar-refractivity contribution in [3.05, 3.63) is 23.2 Å². The van der Waals surface area contributed by atoms with E-state index in [4.69, 9.17) is 17.3 Å². The number of nitrogens with one attached hydrogen (secondary N) is 1. The molecule has 1 aromatic carbocycles. The van der Waals surface area contributed by atoms with Gasteiger partial charge >= 0.3 is 6.61 Å². The molecule has 10 heteroatoms. The lowest BCUT2D eigenvalue weighted by Gasteiger charge is -2.10. The van der Waals surface area contributed by atoms with Gasteiger partial charge < -0.3 is 10.5 Å². The molecule has 0 fully saturated rings. The lowest BCUT2D eigenvalue weighted by molar-refractivity contribution is -0.0498. The Morgan fingerprint density at radius 3 is 2.52 bits per heavy atom. The van der Waals surface area contributed by atoms with E-state index >= 15 is 0 Å². The van der Waals surface area contributed by atoms with Crippen LogP contribution in [0.5, 0.6) is 5.75 Å². The minimum Gasteiger partial charge on any atom is -0.433 e. The highest BCUT2D eigenvalue weighted by molar-refractivity contribution is 7.89. The lowest BCUT2D eigenvalue weighted by atomic mass is 10.3. The van der Waals surface area contributed by atoms with E-state index in [-0.39, 0.29) is 34.6 Å². The molecule has 0 bridgehead atoms. The van der Waals surface area contributed by atoms with E-state index in [1.807, 2.05) is 0 Å². The molecular weight excluding hydrogens is 349 g/mol. The molecule has 0 unspecified atom stereocenters. The highest BCUT2D eigenvalue weighted by Crippen LogP contribution is 2.28. The van der Waals surface area contributed by atoms with Gasteiger partial charge in [-0.15, -0.1) is 12.4 Å². The second-order valence-corrected chi connectivity index (χ2v) is 6.04. The third kappa shape index (κ3) is 6.75. The fourth-order valence-corrected chi connectivity index (χ4v) is 2.79. The Labute approximate surface area is 133 Å². The first kappa shape index (κ1) is 20.3. The largest absolute Gasteiger partial charge is 0.433 e. The number of sulfonamides is 1. The summed E-state index contributed by atoms with van der Waals surface area (Å²) >= 11 is 5.70. The maximum absolute atomic E-state index is 12.1. The Kier molecular flexibility index (Phi) is 9.07. The van der Waals surface area contributed by atoms with Crippen LogP contribution in [-0.2, 0) is 10.0 Å². The summed E-state index contributed by atoms with van der Waals surface area (Å²) in [5.41, 5.74) is 5.30. The number of ether oxygens (including phenoxy) is 1. The van der Waals surface area contributed by atoms with Crippen LogP contribution in [0.2, 0.25) is 5.02 Å². The van der Waals surface area contributed by atoms with E-state index in [2.05, 4.69) is 9.46 Å². The number of halogens is 4. The maximum Gasteiger partial charge on any atom is 0.387 e. The average Bonchev–Trinajstić information content (AvgIpc) is 2.36. The van der Waals surface area contributed by atoms with Gasteiger partial charge in [-0.2, -0.15) is 8.78 Å². The van der Waals surface area contributed by atoms with Crippen molar-refractivity contribution in [1.29, 1.82) is 0 Å². The summed E-state index contributed by atoms with van der Waals surface area (Å²) in [6.07, 6.45) is 1.31. The van der Waals surface area contributed by atoms with Crippen LogP contribution in [0.3, 0.4) is 0 Å². The molecule has 0 amide bonds. The van der Waals surface area contributed by atoms with Crippen molar-refractivity contribution in [2.75, 3.05) is 13.1 Å². The molecule has 3 N–H and O–H groups in total. The second-order valence-electron chi connectivity index (χ2n) is 3.86. The molecular formula is C11H16Cl2F2N2O3S. The molecule has 5 nitrogen and oxygen atoms in total. The Balaban J connectivity index is 0.00000400. The minimum atomic E-state index is -3.73. The van der Waals surface area contributed by atoms with Crippen LogP contribution in [0.4, 0.5) is 8.78 Å². The van der Waals surface area contributed by atoms with Crippen LogP contribution in [0.25, 0.3) is 0 Å². The van der Waals surface area contributed by atoms with Crippen molar-refractivity contribution in [2.45, 2.75) is 24.3 Å². The predicted octanol–water partition coefficient (Wildman–Crippen LogP) is 2.38. The maximum atomic E-state index is 12.1. The third-order valence-corrected chi connectivity index (χ3v) is 4.11. The number of alkyl halides is 2. The molecule has 0 atom stereocenters. The smallest absolute Gasteiger partial charge is 0.387 e. The van der Waals surface area contributed by atoms with E-state index < -0.39 is 16.6 Å². The van der Waals surface area contributed by atoms with Crippen molar-refractivity contribution >= 4 is 34.0 Å². The second kappa shape index (κ2) is 9.37. The van der Waals surface area contributed by atoms with Crippen LogP contribution >= 0.6 is 24.0 Å². The lowest BCUT2D eigenvalue weighted by Crippen LogP contribution is -2.25. The molecule has 1 rings (SSSR count). The molecule has 0 aromatic heterocycles. The van der Waals surface area contributed by atoms with Gasteiger partial charge in [0.05, 0.1) is 9.92 Å². The van der Waals surface area contributed by atoms with Gasteiger partial charge in [0, 0.05) is 6.54 Å². The molecule has 0 aliphatic heterocycles. The van der Waals surface area contributed by atoms with Crippen LogP contribution in [-0.4, -0.2) is 28.1 Å². The number of nitrogens with two attached hydrogens (primary N) is 1. The van der Waals surface area contributed by atoms with Crippen LogP contribution in [0, 0.1) is 0 Å². The highest BCUT2D eigenvalue weighted by atomic mass is 35.5. The number of hydrogen-bond donors (Lipinski definition) is 2. The number of benzene rings is 1. The molecule has 0 saturated heterocycles. The van der Waals surface area contributed by atoms with Crippen molar-refractivity contribution in [3.63, 3.8) is 0 Å². The summed E-state index contributed by atoms with van der Waals surface area (Å²) in [5.74, 6) is -0.274. The number of rotatable bonds is 8. The van der Waals surface area contributed by atoms with Gasteiger partial charge in [-0.1, -0.05) is 11.6 Å². The van der Waals surface area contributed by atoms with Crippen molar-refractivity contribution in [3.8, 4) is 5.75 Å². The molecule has 0 radical (unpaired) electrons. The van der Waals surface area contributed by atoms with Crippen molar-refractivity contribution < 1.29 is 21.9 Å². The summed E-state index contributed by atoms with van der Waals surface area (Å²) in [5, 5.41) is -0.199. The van der Waals surface area contributed by atoms with Gasteiger partial charge in [-0.05, 0) is 37.6 Å². The summed E-state index contributed by atoms with van der Waals surface area (Å²) in [4.78, 5) is -0.114. The Morgan fingerprint density at radius 2 is 2.00 bits per heavy atom. The van der Waals surface area contributed by atoms with Gasteiger partial charge in [0.25, 0.3) is 0 Å². The van der Waals surface area contributed by atoms with Gasteiger partial charge in [-0.25, -0.2) is 13.1 Å². The molecule has 122 valence electrons. The van der Waals surface area contributed by atoms with Crippen LogP contribution in [0.1, 0.15) is 12.8 Å². The van der Waals surface area contributed by atoms with E-state index in [9.17, 15) is 17.2 Å². The first-order valence-corrected chi connectivity index (χ1v) is 7.67. The van der Waals surface area contributed by atoms with Crippen molar-refractivity contribution in [2.24, 2.45) is 5.73 Å². The zero-order chi connectivity index (χ0) is 15.2. The molecule has 0 aliphatic carbocycles. The standard InChI is InChI=1S/C11H15ClF2N2O3S.ClH/c12-9-7-8(3-4-10(9)19-11(13)14)20(17,18)16-6-2-1-5-15;/h3-4,7,11,16H,1-2,5-6,15H2;1H. The van der Waals surface area contributed by atoms with Gasteiger partial charge in [-0.3, -0.25) is 0 Å². The topological polar surface area (TPSA) is 81.4 Å². The van der Waals surface area contributed by atoms with Gasteiger partial charge in [0.1, 0.15) is 5.75 Å². The first-order valence-electron chi connectivity index (χ1n) is 5.81.